The molecule has 0 radical (unpaired) electrons. The molecule has 1 heterocycles. The number of halogens is 1. The molecule has 0 atom stereocenters. The van der Waals surface area contributed by atoms with Crippen molar-refractivity contribution in [3.05, 3.63) is 41.0 Å². The fourth-order valence-electron chi connectivity index (χ4n) is 1.88. The molecule has 0 spiro atoms. The molecule has 19 heavy (non-hydrogen) atoms. The quantitative estimate of drug-likeness (QED) is 0.928. The van der Waals surface area contributed by atoms with E-state index >= 15 is 0 Å². The van der Waals surface area contributed by atoms with Gasteiger partial charge in [-0.05, 0) is 32.9 Å². The normalized spacial score (nSPS) is 11.8. The van der Waals surface area contributed by atoms with Crippen molar-refractivity contribution in [2.75, 3.05) is 0 Å². The Balaban J connectivity index is 2.28. The van der Waals surface area contributed by atoms with E-state index in [9.17, 15) is 0 Å². The lowest BCUT2D eigenvalue weighted by atomic mass is 10.1. The van der Waals surface area contributed by atoms with Crippen LogP contribution in [0.15, 0.2) is 30.5 Å². The van der Waals surface area contributed by atoms with Crippen molar-refractivity contribution in [3.63, 3.8) is 0 Å². The van der Waals surface area contributed by atoms with Crippen LogP contribution in [0.5, 0.6) is 0 Å². The van der Waals surface area contributed by atoms with E-state index in [1.165, 1.54) is 5.56 Å². The summed E-state index contributed by atoms with van der Waals surface area (Å²) in [5, 5.41) is 8.78. The summed E-state index contributed by atoms with van der Waals surface area (Å²) in [6.07, 6.45) is 2.06. The van der Waals surface area contributed by atoms with Crippen LogP contribution in [0.25, 0.3) is 11.3 Å². The monoisotopic (exact) mass is 277 g/mol. The van der Waals surface area contributed by atoms with E-state index in [0.29, 0.717) is 0 Å². The van der Waals surface area contributed by atoms with Gasteiger partial charge in [-0.1, -0.05) is 23.7 Å². The van der Waals surface area contributed by atoms with Gasteiger partial charge in [-0.25, -0.2) is 0 Å². The first kappa shape index (κ1) is 14.1. The minimum Gasteiger partial charge on any atom is -0.308 e. The van der Waals surface area contributed by atoms with Gasteiger partial charge in [0.15, 0.2) is 0 Å². The van der Waals surface area contributed by atoms with E-state index in [0.717, 1.165) is 22.8 Å². The average Bonchev–Trinajstić information content (AvgIpc) is 2.68. The molecule has 0 aliphatic carbocycles. The van der Waals surface area contributed by atoms with Gasteiger partial charge in [-0.2, -0.15) is 5.10 Å². The molecule has 1 N–H and O–H groups in total. The van der Waals surface area contributed by atoms with Crippen LogP contribution in [0.1, 0.15) is 26.3 Å². The molecule has 0 aliphatic heterocycles. The molecule has 3 nitrogen and oxygen atoms in total. The highest BCUT2D eigenvalue weighted by Gasteiger charge is 2.14. The molecular weight excluding hydrogens is 258 g/mol. The maximum Gasteiger partial charge on any atom is 0.0968 e. The number of aromatic nitrogens is 2. The van der Waals surface area contributed by atoms with Crippen LogP contribution >= 0.6 is 11.6 Å². The van der Waals surface area contributed by atoms with Crippen LogP contribution in [-0.4, -0.2) is 15.3 Å². The van der Waals surface area contributed by atoms with Gasteiger partial charge in [0.25, 0.3) is 0 Å². The average molecular weight is 278 g/mol. The summed E-state index contributed by atoms with van der Waals surface area (Å²) in [5.74, 6) is 0. The van der Waals surface area contributed by atoms with E-state index in [4.69, 9.17) is 11.6 Å². The summed E-state index contributed by atoms with van der Waals surface area (Å²) in [4.78, 5) is 0. The predicted octanol–water partition coefficient (Wildman–Crippen LogP) is 3.63. The highest BCUT2D eigenvalue weighted by molar-refractivity contribution is 6.30. The molecule has 0 aliphatic rings. The lowest BCUT2D eigenvalue weighted by molar-refractivity contribution is 0.424. The van der Waals surface area contributed by atoms with Crippen LogP contribution in [0.4, 0.5) is 0 Å². The summed E-state index contributed by atoms with van der Waals surface area (Å²) >= 11 is 5.93. The molecule has 2 aromatic rings. The van der Waals surface area contributed by atoms with Crippen LogP contribution in [-0.2, 0) is 13.6 Å². The molecule has 0 saturated heterocycles. The standard InChI is InChI=1S/C15H20ClN3/c1-15(2,3)17-9-12-10-19(4)18-14(12)11-5-7-13(16)8-6-11/h5-8,10,17H,9H2,1-4H3. The summed E-state index contributed by atoms with van der Waals surface area (Å²) in [6, 6.07) is 7.80. The largest absolute Gasteiger partial charge is 0.308 e. The number of hydrogen-bond acceptors (Lipinski definition) is 2. The lowest BCUT2D eigenvalue weighted by Gasteiger charge is -2.20. The molecule has 0 fully saturated rings. The van der Waals surface area contributed by atoms with Crippen LogP contribution in [0, 0.1) is 0 Å². The minimum atomic E-state index is 0.0904. The Bertz CT molecular complexity index is 550. The van der Waals surface area contributed by atoms with Crippen molar-refractivity contribution in [1.29, 1.82) is 0 Å². The highest BCUT2D eigenvalue weighted by atomic mass is 35.5. The second-order valence-electron chi connectivity index (χ2n) is 5.79. The Morgan fingerprint density at radius 1 is 1.21 bits per heavy atom. The summed E-state index contributed by atoms with van der Waals surface area (Å²) in [7, 11) is 1.94. The first-order valence-corrected chi connectivity index (χ1v) is 6.76. The molecule has 2 rings (SSSR count). The van der Waals surface area contributed by atoms with Gasteiger partial charge in [-0.3, -0.25) is 4.68 Å². The minimum absolute atomic E-state index is 0.0904. The van der Waals surface area contributed by atoms with Crippen molar-refractivity contribution < 1.29 is 0 Å². The third kappa shape index (κ3) is 3.82. The highest BCUT2D eigenvalue weighted by Crippen LogP contribution is 2.24. The van der Waals surface area contributed by atoms with Gasteiger partial charge >= 0.3 is 0 Å². The molecule has 0 saturated carbocycles. The van der Waals surface area contributed by atoms with Gasteiger partial charge < -0.3 is 5.32 Å². The molecule has 4 heteroatoms. The number of nitrogens with zero attached hydrogens (tertiary/aromatic N) is 2. The first-order valence-electron chi connectivity index (χ1n) is 6.39. The fourth-order valence-corrected chi connectivity index (χ4v) is 2.00. The molecule has 1 aromatic carbocycles. The number of benzene rings is 1. The number of hydrogen-bond donors (Lipinski definition) is 1. The van der Waals surface area contributed by atoms with Crippen LogP contribution < -0.4 is 5.32 Å². The lowest BCUT2D eigenvalue weighted by Crippen LogP contribution is -2.35. The van der Waals surface area contributed by atoms with Gasteiger partial charge in [0, 0.05) is 41.5 Å². The van der Waals surface area contributed by atoms with Crippen LogP contribution in [0.2, 0.25) is 5.02 Å². The fraction of sp³-hybridized carbons (Fsp3) is 0.400. The zero-order chi connectivity index (χ0) is 14.0. The molecule has 0 amide bonds. The second-order valence-corrected chi connectivity index (χ2v) is 6.22. The van der Waals surface area contributed by atoms with Gasteiger partial charge in [0.2, 0.25) is 0 Å². The molecule has 0 bridgehead atoms. The number of aryl methyl sites for hydroxylation is 1. The number of nitrogens with one attached hydrogen (secondary N) is 1. The zero-order valence-electron chi connectivity index (χ0n) is 11.9. The Morgan fingerprint density at radius 3 is 2.42 bits per heavy atom. The van der Waals surface area contributed by atoms with E-state index in [1.807, 2.05) is 36.0 Å². The van der Waals surface area contributed by atoms with E-state index < -0.39 is 0 Å². The maximum absolute atomic E-state index is 5.93. The molecular formula is C15H20ClN3. The Kier molecular flexibility index (Phi) is 3.97. The van der Waals surface area contributed by atoms with Gasteiger partial charge in [-0.15, -0.1) is 0 Å². The summed E-state index contributed by atoms with van der Waals surface area (Å²) < 4.78 is 1.85. The Morgan fingerprint density at radius 2 is 1.84 bits per heavy atom. The Labute approximate surface area is 119 Å². The van der Waals surface area contributed by atoms with Crippen molar-refractivity contribution in [1.82, 2.24) is 15.1 Å². The second kappa shape index (κ2) is 5.35. The van der Waals surface area contributed by atoms with Gasteiger partial charge in [0.1, 0.15) is 0 Å². The SMILES string of the molecule is Cn1cc(CNC(C)(C)C)c(-c2ccc(Cl)cc2)n1. The van der Waals surface area contributed by atoms with E-state index in [1.54, 1.807) is 0 Å². The maximum atomic E-state index is 5.93. The third-order valence-electron chi connectivity index (χ3n) is 2.83. The van der Waals surface area contributed by atoms with Crippen molar-refractivity contribution in [3.8, 4) is 11.3 Å². The van der Waals surface area contributed by atoms with E-state index in [2.05, 4.69) is 37.4 Å². The smallest absolute Gasteiger partial charge is 0.0968 e. The van der Waals surface area contributed by atoms with Crippen molar-refractivity contribution in [2.45, 2.75) is 32.9 Å². The summed E-state index contributed by atoms with van der Waals surface area (Å²) in [5.41, 5.74) is 3.39. The molecule has 1 aromatic heterocycles. The summed E-state index contributed by atoms with van der Waals surface area (Å²) in [6.45, 7) is 7.28. The van der Waals surface area contributed by atoms with Crippen molar-refractivity contribution in [2.24, 2.45) is 7.05 Å². The first-order chi connectivity index (χ1) is 8.85. The van der Waals surface area contributed by atoms with Gasteiger partial charge in [0.05, 0.1) is 5.69 Å². The predicted molar refractivity (Wildman–Crippen MR) is 80.2 cm³/mol. The molecule has 102 valence electrons. The Hall–Kier alpha value is -1.32. The van der Waals surface area contributed by atoms with Crippen LogP contribution in [0.3, 0.4) is 0 Å². The third-order valence-corrected chi connectivity index (χ3v) is 3.08. The van der Waals surface area contributed by atoms with Crippen molar-refractivity contribution >= 4 is 11.6 Å². The molecule has 0 unspecified atom stereocenters. The zero-order valence-corrected chi connectivity index (χ0v) is 12.6. The topological polar surface area (TPSA) is 29.9 Å². The van der Waals surface area contributed by atoms with E-state index in [-0.39, 0.29) is 5.54 Å². The number of rotatable bonds is 3.